The number of fused-ring (bicyclic) bond motifs is 1. The molecule has 0 saturated carbocycles. The molecule has 11 heteroatoms. The van der Waals surface area contributed by atoms with Gasteiger partial charge in [0.1, 0.15) is 11.5 Å². The Balaban J connectivity index is 1.35. The monoisotopic (exact) mass is 576 g/mol. The largest absolute Gasteiger partial charge is 0.454 e. The van der Waals surface area contributed by atoms with Crippen LogP contribution in [0.4, 0.5) is 0 Å². The van der Waals surface area contributed by atoms with E-state index in [0.29, 0.717) is 32.7 Å². The fourth-order valence-corrected chi connectivity index (χ4v) is 3.78. The Bertz CT molecular complexity index is 1620. The Morgan fingerprint density at radius 3 is 2.00 bits per heavy atom. The summed E-state index contributed by atoms with van der Waals surface area (Å²) in [6.45, 7) is 0.0844. The minimum absolute atomic E-state index is 0.0300. The lowest BCUT2D eigenvalue weighted by molar-refractivity contribution is 0.0732. The molecule has 40 heavy (non-hydrogen) atoms. The molecule has 0 radical (unpaired) electrons. The van der Waals surface area contributed by atoms with Crippen LogP contribution in [0.25, 0.3) is 0 Å². The van der Waals surface area contributed by atoms with Crippen LogP contribution in [0.5, 0.6) is 23.0 Å². The highest BCUT2D eigenvalue weighted by atomic mass is 35.5. The van der Waals surface area contributed by atoms with Crippen LogP contribution in [0.3, 0.4) is 0 Å². The van der Waals surface area contributed by atoms with Gasteiger partial charge in [-0.3, -0.25) is 4.79 Å². The summed E-state index contributed by atoms with van der Waals surface area (Å²) in [6, 6.07) is 21.4. The van der Waals surface area contributed by atoms with Gasteiger partial charge in [-0.2, -0.15) is 5.10 Å². The predicted octanol–water partition coefficient (Wildman–Crippen LogP) is 5.92. The van der Waals surface area contributed by atoms with E-state index in [1.165, 1.54) is 54.7 Å². The average molecular weight is 577 g/mol. The fraction of sp³-hybridized carbons (Fsp3) is 0.0345. The highest BCUT2D eigenvalue weighted by molar-refractivity contribution is 6.31. The Morgan fingerprint density at radius 1 is 0.725 bits per heavy atom. The fourth-order valence-electron chi connectivity index (χ4n) is 3.53. The summed E-state index contributed by atoms with van der Waals surface area (Å²) in [4.78, 5) is 37.9. The molecule has 9 nitrogen and oxygen atoms in total. The predicted molar refractivity (Wildman–Crippen MR) is 147 cm³/mol. The average Bonchev–Trinajstić information content (AvgIpc) is 3.43. The van der Waals surface area contributed by atoms with E-state index in [1.807, 2.05) is 0 Å². The first-order valence-electron chi connectivity index (χ1n) is 11.7. The van der Waals surface area contributed by atoms with E-state index in [1.54, 1.807) is 36.4 Å². The smallest absolute Gasteiger partial charge is 0.343 e. The first-order chi connectivity index (χ1) is 19.4. The third-order valence-corrected chi connectivity index (χ3v) is 6.07. The van der Waals surface area contributed by atoms with Gasteiger partial charge in [0.25, 0.3) is 5.91 Å². The number of nitrogens with one attached hydrogen (secondary N) is 1. The van der Waals surface area contributed by atoms with Crippen molar-refractivity contribution >= 4 is 47.3 Å². The van der Waals surface area contributed by atoms with Gasteiger partial charge in [-0.25, -0.2) is 15.0 Å². The summed E-state index contributed by atoms with van der Waals surface area (Å²) < 4.78 is 21.6. The Hall–Kier alpha value is -4.86. The third-order valence-electron chi connectivity index (χ3n) is 5.56. The Kier molecular flexibility index (Phi) is 7.95. The SMILES string of the molecule is O=C(N/N=C/c1ccc(OC(=O)c2ccc(Cl)cc2)cc1OC(=O)c1ccc(Cl)cc1)c1ccc2c(c1)OCO2. The number of hydrogen-bond acceptors (Lipinski definition) is 8. The highest BCUT2D eigenvalue weighted by Crippen LogP contribution is 2.32. The van der Waals surface area contributed by atoms with Crippen molar-refractivity contribution in [1.29, 1.82) is 0 Å². The molecule has 0 aromatic heterocycles. The van der Waals surface area contributed by atoms with Crippen molar-refractivity contribution in [2.75, 3.05) is 6.79 Å². The molecule has 4 aromatic carbocycles. The number of halogens is 2. The maximum atomic E-state index is 12.8. The van der Waals surface area contributed by atoms with Crippen molar-refractivity contribution in [3.8, 4) is 23.0 Å². The zero-order chi connectivity index (χ0) is 28.1. The highest BCUT2D eigenvalue weighted by Gasteiger charge is 2.17. The molecule has 1 amide bonds. The second kappa shape index (κ2) is 11.9. The van der Waals surface area contributed by atoms with Gasteiger partial charge in [-0.15, -0.1) is 0 Å². The second-order valence-electron chi connectivity index (χ2n) is 8.26. The Morgan fingerprint density at radius 2 is 1.32 bits per heavy atom. The summed E-state index contributed by atoms with van der Waals surface area (Å²) in [6.07, 6.45) is 1.29. The Labute approximate surface area is 237 Å². The van der Waals surface area contributed by atoms with Crippen molar-refractivity contribution in [2.45, 2.75) is 0 Å². The zero-order valence-corrected chi connectivity index (χ0v) is 21.9. The van der Waals surface area contributed by atoms with Crippen molar-refractivity contribution < 1.29 is 33.3 Å². The maximum absolute atomic E-state index is 12.8. The first-order valence-corrected chi connectivity index (χ1v) is 12.4. The van der Waals surface area contributed by atoms with E-state index in [0.717, 1.165) is 0 Å². The van der Waals surface area contributed by atoms with Crippen LogP contribution in [0.1, 0.15) is 36.6 Å². The molecular formula is C29H18Cl2N2O7. The molecule has 4 aromatic rings. The van der Waals surface area contributed by atoms with Crippen molar-refractivity contribution in [1.82, 2.24) is 5.43 Å². The standard InChI is InChI=1S/C29H18Cl2N2O7/c30-21-7-1-17(2-8-21)28(35)39-23-11-5-20(25(14-23)40-29(36)18-3-9-22(31)10-4-18)15-32-33-27(34)19-6-12-24-26(13-19)38-16-37-24/h1-15H,16H2,(H,33,34)/b32-15+. The van der Waals surface area contributed by atoms with E-state index in [4.69, 9.17) is 42.1 Å². The molecule has 0 aliphatic carbocycles. The molecule has 1 aliphatic heterocycles. The van der Waals surface area contributed by atoms with Gasteiger partial charge >= 0.3 is 11.9 Å². The van der Waals surface area contributed by atoms with Crippen LogP contribution in [0, 0.1) is 0 Å². The minimum atomic E-state index is -0.683. The van der Waals surface area contributed by atoms with Crippen molar-refractivity contribution in [2.24, 2.45) is 5.10 Å². The molecule has 0 bridgehead atoms. The van der Waals surface area contributed by atoms with Crippen molar-refractivity contribution in [3.63, 3.8) is 0 Å². The van der Waals surface area contributed by atoms with Crippen LogP contribution in [0.2, 0.25) is 10.0 Å². The molecule has 200 valence electrons. The van der Waals surface area contributed by atoms with Gasteiger partial charge in [0.15, 0.2) is 11.5 Å². The second-order valence-corrected chi connectivity index (χ2v) is 9.13. The number of ether oxygens (including phenoxy) is 4. The maximum Gasteiger partial charge on any atom is 0.343 e. The molecule has 1 aliphatic rings. The van der Waals surface area contributed by atoms with Gasteiger partial charge in [-0.1, -0.05) is 23.2 Å². The summed E-state index contributed by atoms with van der Waals surface area (Å²) in [5.74, 6) is -0.674. The van der Waals surface area contributed by atoms with Gasteiger partial charge in [0.05, 0.1) is 17.3 Å². The summed E-state index contributed by atoms with van der Waals surface area (Å²) in [5, 5.41) is 4.92. The zero-order valence-electron chi connectivity index (χ0n) is 20.4. The number of benzene rings is 4. The van der Waals surface area contributed by atoms with Gasteiger partial charge in [0, 0.05) is 27.2 Å². The summed E-state index contributed by atoms with van der Waals surface area (Å²) in [7, 11) is 0. The van der Waals surface area contributed by atoms with E-state index < -0.39 is 17.8 Å². The molecule has 0 fully saturated rings. The van der Waals surface area contributed by atoms with Crippen LogP contribution in [0.15, 0.2) is 90.0 Å². The van der Waals surface area contributed by atoms with E-state index in [9.17, 15) is 14.4 Å². The van der Waals surface area contributed by atoms with Crippen LogP contribution in [-0.2, 0) is 0 Å². The number of carbonyl (C=O) groups excluding carboxylic acids is 3. The minimum Gasteiger partial charge on any atom is -0.454 e. The van der Waals surface area contributed by atoms with E-state index >= 15 is 0 Å². The molecule has 5 rings (SSSR count). The number of rotatable bonds is 7. The van der Waals surface area contributed by atoms with Gasteiger partial charge < -0.3 is 18.9 Å². The third kappa shape index (κ3) is 6.40. The lowest BCUT2D eigenvalue weighted by atomic mass is 10.2. The molecule has 0 unspecified atom stereocenters. The van der Waals surface area contributed by atoms with Crippen LogP contribution in [-0.4, -0.2) is 30.9 Å². The quantitative estimate of drug-likeness (QED) is 0.126. The first kappa shape index (κ1) is 26.7. The number of nitrogens with zero attached hydrogens (tertiary/aromatic N) is 1. The van der Waals surface area contributed by atoms with Crippen molar-refractivity contribution in [3.05, 3.63) is 117 Å². The molecule has 0 atom stereocenters. The van der Waals surface area contributed by atoms with E-state index in [2.05, 4.69) is 10.5 Å². The summed E-state index contributed by atoms with van der Waals surface area (Å²) >= 11 is 11.8. The number of carbonyl (C=O) groups is 3. The van der Waals surface area contributed by atoms with Gasteiger partial charge in [-0.05, 0) is 78.9 Å². The molecule has 0 spiro atoms. The molecular weight excluding hydrogens is 559 g/mol. The number of esters is 2. The van der Waals surface area contributed by atoms with Crippen LogP contribution < -0.4 is 24.4 Å². The molecule has 1 heterocycles. The number of amides is 1. The normalized spacial score (nSPS) is 11.8. The lowest BCUT2D eigenvalue weighted by Gasteiger charge is -2.11. The summed E-state index contributed by atoms with van der Waals surface area (Å²) in [5.41, 5.74) is 3.56. The van der Waals surface area contributed by atoms with Gasteiger partial charge in [0.2, 0.25) is 6.79 Å². The lowest BCUT2D eigenvalue weighted by Crippen LogP contribution is -2.17. The molecule has 0 saturated heterocycles. The topological polar surface area (TPSA) is 113 Å². The van der Waals surface area contributed by atoms with Crippen LogP contribution >= 0.6 is 23.2 Å². The number of hydrazone groups is 1. The van der Waals surface area contributed by atoms with E-state index in [-0.39, 0.29) is 29.4 Å². The molecule has 1 N–H and O–H groups in total. The number of hydrogen-bond donors (Lipinski definition) is 1.